The maximum Gasteiger partial charge on any atom is 0.318 e. The van der Waals surface area contributed by atoms with Crippen LogP contribution < -0.4 is 0 Å². The number of hydrogen-bond donors (Lipinski definition) is 6. The predicted octanol–water partition coefficient (Wildman–Crippen LogP) is 0.406. The monoisotopic (exact) mass is 606 g/mol. The van der Waals surface area contributed by atoms with Gasteiger partial charge in [0.1, 0.15) is 26.4 Å². The molecule has 0 rings (SSSR count). The number of aliphatic hydroxyl groups excluding tert-OH is 2. The van der Waals surface area contributed by atoms with Gasteiger partial charge in [-0.15, -0.1) is 0 Å². The third-order valence-corrected chi connectivity index (χ3v) is 5.78. The Morgan fingerprint density at radius 2 is 0.757 bits per heavy atom. The van der Waals surface area contributed by atoms with E-state index in [-0.39, 0.29) is 39.6 Å². The molecule has 0 saturated carbocycles. The topological polar surface area (TPSA) is 155 Å². The summed E-state index contributed by atoms with van der Waals surface area (Å²) in [4.78, 5) is 47.8. The molecule has 0 aromatic rings. The van der Waals surface area contributed by atoms with Gasteiger partial charge in [0.05, 0.1) is 58.3 Å². The van der Waals surface area contributed by atoms with E-state index in [4.69, 9.17) is 23.7 Å². The van der Waals surface area contributed by atoms with Gasteiger partial charge >= 0.3 is 23.9 Å². The van der Waals surface area contributed by atoms with Crippen LogP contribution in [-0.4, -0.2) is 108 Å². The quantitative estimate of drug-likeness (QED) is 0.0730. The molecule has 0 saturated heterocycles. The van der Waals surface area contributed by atoms with Crippen LogP contribution in [0.15, 0.2) is 0 Å². The molecule has 0 radical (unpaired) electrons. The fourth-order valence-electron chi connectivity index (χ4n) is 2.39. The van der Waals surface area contributed by atoms with E-state index in [2.05, 4.69) is 50.5 Å². The van der Waals surface area contributed by atoms with Crippen LogP contribution in [0, 0.1) is 10.8 Å². The Morgan fingerprint density at radius 1 is 0.541 bits per heavy atom. The zero-order valence-corrected chi connectivity index (χ0v) is 24.9. The highest BCUT2D eigenvalue weighted by Crippen LogP contribution is 2.25. The Balaban J connectivity index is 5.69. The van der Waals surface area contributed by atoms with Crippen molar-refractivity contribution in [1.29, 1.82) is 0 Å². The lowest BCUT2D eigenvalue weighted by Crippen LogP contribution is -2.46. The van der Waals surface area contributed by atoms with E-state index in [0.29, 0.717) is 0 Å². The molecule has 0 aliphatic carbocycles. The molecule has 0 bridgehead atoms. The highest BCUT2D eigenvalue weighted by molar-refractivity contribution is 7.82. The van der Waals surface area contributed by atoms with Crippen molar-refractivity contribution < 1.29 is 53.1 Å². The second-order valence-corrected chi connectivity index (χ2v) is 12.0. The smallest absolute Gasteiger partial charge is 0.318 e. The molecule has 15 heteroatoms. The highest BCUT2D eigenvalue weighted by Gasteiger charge is 2.39. The van der Waals surface area contributed by atoms with Gasteiger partial charge in [-0.1, -0.05) is 0 Å². The molecule has 0 aromatic carbocycles. The number of rotatable bonds is 18. The lowest BCUT2D eigenvalue weighted by molar-refractivity contribution is -0.167. The minimum Gasteiger partial charge on any atom is -0.464 e. The number of aliphatic hydroxyl groups is 2. The van der Waals surface area contributed by atoms with Gasteiger partial charge in [0.25, 0.3) is 0 Å². The third-order valence-electron chi connectivity index (χ3n) is 4.93. The van der Waals surface area contributed by atoms with Gasteiger partial charge in [0.15, 0.2) is 0 Å². The summed E-state index contributed by atoms with van der Waals surface area (Å²) >= 11 is 16.0. The summed E-state index contributed by atoms with van der Waals surface area (Å²) < 4.78 is 26.6. The fourth-order valence-corrected chi connectivity index (χ4v) is 2.69. The standard InChI is InChI=1S/C22H38O11S4/c1-13(34)17(25)30-9-21(5-23,10-31-18(26)14(2)35)7-29-8-22(6-24,11-32-19(27)15(3)36)12-33-20(28)16(4)37/h13-16,23-24,34-37H,5-12H2,1-4H3. The first kappa shape index (κ1) is 36.2. The van der Waals surface area contributed by atoms with Crippen molar-refractivity contribution in [3.8, 4) is 0 Å². The Hall–Kier alpha value is -0.840. The molecule has 37 heavy (non-hydrogen) atoms. The molecular weight excluding hydrogens is 568 g/mol. The van der Waals surface area contributed by atoms with Crippen LogP contribution in [0.25, 0.3) is 0 Å². The van der Waals surface area contributed by atoms with Gasteiger partial charge in [-0.2, -0.15) is 50.5 Å². The zero-order chi connectivity index (χ0) is 28.8. The van der Waals surface area contributed by atoms with E-state index in [1.807, 2.05) is 0 Å². The largest absolute Gasteiger partial charge is 0.464 e. The summed E-state index contributed by atoms with van der Waals surface area (Å²) in [5, 5.41) is 17.3. The van der Waals surface area contributed by atoms with E-state index >= 15 is 0 Å². The van der Waals surface area contributed by atoms with Gasteiger partial charge in [-0.25, -0.2) is 0 Å². The van der Waals surface area contributed by atoms with E-state index < -0.39 is 68.9 Å². The van der Waals surface area contributed by atoms with Crippen LogP contribution in [0.4, 0.5) is 0 Å². The van der Waals surface area contributed by atoms with Crippen molar-refractivity contribution in [3.05, 3.63) is 0 Å². The van der Waals surface area contributed by atoms with Crippen molar-refractivity contribution in [2.24, 2.45) is 10.8 Å². The first-order chi connectivity index (χ1) is 17.1. The summed E-state index contributed by atoms with van der Waals surface area (Å²) in [6.07, 6.45) is 0. The van der Waals surface area contributed by atoms with Crippen molar-refractivity contribution in [1.82, 2.24) is 0 Å². The number of carbonyl (C=O) groups is 4. The maximum absolute atomic E-state index is 12.0. The van der Waals surface area contributed by atoms with Crippen molar-refractivity contribution in [2.75, 3.05) is 52.9 Å². The molecule has 0 amide bonds. The second-order valence-electron chi connectivity index (χ2n) is 8.94. The van der Waals surface area contributed by atoms with Crippen LogP contribution in [0.2, 0.25) is 0 Å². The van der Waals surface area contributed by atoms with E-state index in [9.17, 15) is 29.4 Å². The van der Waals surface area contributed by atoms with Crippen molar-refractivity contribution in [3.63, 3.8) is 0 Å². The average molecular weight is 607 g/mol. The summed E-state index contributed by atoms with van der Waals surface area (Å²) in [5.74, 6) is -2.67. The first-order valence-electron chi connectivity index (χ1n) is 11.3. The predicted molar refractivity (Wildman–Crippen MR) is 147 cm³/mol. The lowest BCUT2D eigenvalue weighted by atomic mass is 9.90. The zero-order valence-electron chi connectivity index (χ0n) is 21.3. The Morgan fingerprint density at radius 3 is 0.919 bits per heavy atom. The molecule has 216 valence electrons. The third kappa shape index (κ3) is 13.7. The number of hydrogen-bond acceptors (Lipinski definition) is 15. The Bertz CT molecular complexity index is 636. The minimum absolute atomic E-state index is 0.318. The van der Waals surface area contributed by atoms with E-state index in [0.717, 1.165) is 0 Å². The molecule has 4 atom stereocenters. The average Bonchev–Trinajstić information content (AvgIpc) is 2.85. The molecule has 2 N–H and O–H groups in total. The number of ether oxygens (including phenoxy) is 5. The van der Waals surface area contributed by atoms with Crippen LogP contribution in [0.3, 0.4) is 0 Å². The van der Waals surface area contributed by atoms with E-state index in [1.54, 1.807) is 0 Å². The van der Waals surface area contributed by atoms with E-state index in [1.165, 1.54) is 27.7 Å². The number of esters is 4. The summed E-state index contributed by atoms with van der Waals surface area (Å²) in [7, 11) is 0. The molecule has 0 aliphatic heterocycles. The van der Waals surface area contributed by atoms with Crippen molar-refractivity contribution in [2.45, 2.75) is 48.7 Å². The number of carbonyl (C=O) groups excluding carboxylic acids is 4. The molecule has 0 aromatic heterocycles. The Labute approximate surface area is 239 Å². The van der Waals surface area contributed by atoms with Crippen LogP contribution in [0.1, 0.15) is 27.7 Å². The lowest BCUT2D eigenvalue weighted by Gasteiger charge is -2.34. The molecule has 0 heterocycles. The SMILES string of the molecule is CC(S)C(=O)OCC(CO)(COCC(CO)(COC(=O)C(C)S)COC(=O)C(C)S)COC(=O)C(C)S. The summed E-state index contributed by atoms with van der Waals surface area (Å²) in [6, 6.07) is 0. The van der Waals surface area contributed by atoms with Gasteiger partial charge in [-0.05, 0) is 27.7 Å². The van der Waals surface area contributed by atoms with Crippen molar-refractivity contribution >= 4 is 74.4 Å². The highest BCUT2D eigenvalue weighted by atomic mass is 32.1. The van der Waals surface area contributed by atoms with Gasteiger partial charge in [0.2, 0.25) is 0 Å². The molecular formula is C22H38O11S4. The normalized spacial score (nSPS) is 17.8. The summed E-state index contributed by atoms with van der Waals surface area (Å²) in [6.45, 7) is 2.61. The second kappa shape index (κ2) is 17.7. The molecule has 0 aliphatic rings. The Kier molecular flexibility index (Phi) is 17.3. The minimum atomic E-state index is -1.38. The number of thiol groups is 4. The molecule has 0 fully saturated rings. The fraction of sp³-hybridized carbons (Fsp3) is 0.818. The first-order valence-corrected chi connectivity index (χ1v) is 13.4. The van der Waals surface area contributed by atoms with Gasteiger partial charge < -0.3 is 33.9 Å². The molecule has 0 spiro atoms. The van der Waals surface area contributed by atoms with Crippen LogP contribution >= 0.6 is 50.5 Å². The molecule has 11 nitrogen and oxygen atoms in total. The van der Waals surface area contributed by atoms with Crippen LogP contribution in [-0.2, 0) is 42.9 Å². The van der Waals surface area contributed by atoms with Gasteiger partial charge in [0, 0.05) is 0 Å². The molecule has 4 unspecified atom stereocenters. The van der Waals surface area contributed by atoms with Crippen LogP contribution in [0.5, 0.6) is 0 Å². The van der Waals surface area contributed by atoms with Gasteiger partial charge in [-0.3, -0.25) is 19.2 Å². The maximum atomic E-state index is 12.0. The summed E-state index contributed by atoms with van der Waals surface area (Å²) in [5.41, 5.74) is -2.77.